The van der Waals surface area contributed by atoms with Gasteiger partial charge in [0.2, 0.25) is 0 Å². The zero-order valence-corrected chi connectivity index (χ0v) is 12.7. The van der Waals surface area contributed by atoms with Gasteiger partial charge in [0.25, 0.3) is 0 Å². The first-order valence-corrected chi connectivity index (χ1v) is 7.31. The molecule has 0 spiro atoms. The fourth-order valence-electron chi connectivity index (χ4n) is 2.24. The summed E-state index contributed by atoms with van der Waals surface area (Å²) in [7, 11) is 0. The highest BCUT2D eigenvalue weighted by Gasteiger charge is 2.13. The van der Waals surface area contributed by atoms with E-state index in [9.17, 15) is 0 Å². The molecule has 0 radical (unpaired) electrons. The van der Waals surface area contributed by atoms with Crippen LogP contribution in [-0.2, 0) is 6.42 Å². The Morgan fingerprint density at radius 2 is 1.83 bits per heavy atom. The maximum absolute atomic E-state index is 3.56. The molecule has 0 saturated carbocycles. The maximum Gasteiger partial charge on any atom is -0.00149 e. The van der Waals surface area contributed by atoms with Gasteiger partial charge in [-0.1, -0.05) is 39.0 Å². The van der Waals surface area contributed by atoms with Crippen LogP contribution < -0.4 is 5.32 Å². The molecule has 0 fully saturated rings. The van der Waals surface area contributed by atoms with Crippen LogP contribution in [0.3, 0.4) is 0 Å². The topological polar surface area (TPSA) is 12.0 Å². The van der Waals surface area contributed by atoms with Crippen molar-refractivity contribution in [2.45, 2.75) is 47.5 Å². The molecule has 1 rings (SSSR count). The van der Waals surface area contributed by atoms with Gasteiger partial charge in [-0.25, -0.2) is 0 Å². The van der Waals surface area contributed by atoms with Crippen LogP contribution in [0.2, 0.25) is 0 Å². The molecule has 1 nitrogen and oxygen atoms in total. The van der Waals surface area contributed by atoms with E-state index in [1.807, 2.05) is 0 Å². The van der Waals surface area contributed by atoms with E-state index in [1.165, 1.54) is 29.5 Å². The van der Waals surface area contributed by atoms with Gasteiger partial charge in [-0.15, -0.1) is 0 Å². The third kappa shape index (κ3) is 4.81. The number of benzene rings is 1. The highest BCUT2D eigenvalue weighted by molar-refractivity contribution is 5.30. The Bertz CT molecular complexity index is 355. The minimum Gasteiger partial charge on any atom is -0.316 e. The normalized spacial score (nSPS) is 13.0. The summed E-state index contributed by atoms with van der Waals surface area (Å²) in [6, 6.07) is 6.89. The fraction of sp³-hybridized carbons (Fsp3) is 0.647. The highest BCUT2D eigenvalue weighted by Crippen LogP contribution is 2.19. The zero-order chi connectivity index (χ0) is 13.5. The van der Waals surface area contributed by atoms with E-state index >= 15 is 0 Å². The first-order chi connectivity index (χ1) is 8.54. The van der Waals surface area contributed by atoms with Crippen LogP contribution in [0.4, 0.5) is 0 Å². The fourth-order valence-corrected chi connectivity index (χ4v) is 2.24. The first kappa shape index (κ1) is 15.2. The lowest BCUT2D eigenvalue weighted by Gasteiger charge is -2.22. The van der Waals surface area contributed by atoms with Gasteiger partial charge >= 0.3 is 0 Å². The molecule has 1 N–H and O–H groups in total. The van der Waals surface area contributed by atoms with Gasteiger partial charge in [0, 0.05) is 0 Å². The maximum atomic E-state index is 3.56. The van der Waals surface area contributed by atoms with Gasteiger partial charge < -0.3 is 5.32 Å². The van der Waals surface area contributed by atoms with Gasteiger partial charge in [0.1, 0.15) is 0 Å². The van der Waals surface area contributed by atoms with E-state index in [1.54, 1.807) is 0 Å². The molecule has 1 aromatic rings. The van der Waals surface area contributed by atoms with Crippen molar-refractivity contribution in [1.82, 2.24) is 5.32 Å². The summed E-state index contributed by atoms with van der Waals surface area (Å²) in [5.41, 5.74) is 4.29. The average molecular weight is 247 g/mol. The van der Waals surface area contributed by atoms with Crippen molar-refractivity contribution in [2.24, 2.45) is 11.8 Å². The summed E-state index contributed by atoms with van der Waals surface area (Å²) in [4.78, 5) is 0. The predicted molar refractivity (Wildman–Crippen MR) is 81.1 cm³/mol. The Balaban J connectivity index is 2.61. The van der Waals surface area contributed by atoms with Crippen molar-refractivity contribution in [3.05, 3.63) is 34.9 Å². The molecule has 0 aliphatic heterocycles. The Morgan fingerprint density at radius 3 is 2.39 bits per heavy atom. The number of hydrogen-bond donors (Lipinski definition) is 1. The quantitative estimate of drug-likeness (QED) is 0.715. The van der Waals surface area contributed by atoms with Gasteiger partial charge in [-0.05, 0) is 68.3 Å². The van der Waals surface area contributed by atoms with E-state index < -0.39 is 0 Å². The lowest BCUT2D eigenvalue weighted by Crippen LogP contribution is -2.28. The van der Waals surface area contributed by atoms with Crippen LogP contribution in [0, 0.1) is 25.7 Å². The summed E-state index contributed by atoms with van der Waals surface area (Å²) in [6.45, 7) is 13.5. The standard InChI is InChI=1S/C17H29N/c1-6-9-18-12-17(13(2)3)11-16-8-7-14(4)15(5)10-16/h7-8,10,13,17-18H,6,9,11-12H2,1-5H3. The minimum atomic E-state index is 0.732. The lowest BCUT2D eigenvalue weighted by molar-refractivity contribution is 0.361. The second-order valence-electron chi connectivity index (χ2n) is 5.83. The number of aryl methyl sites for hydroxylation is 2. The molecule has 0 heterocycles. The number of hydrogen-bond acceptors (Lipinski definition) is 1. The average Bonchev–Trinajstić information content (AvgIpc) is 2.32. The van der Waals surface area contributed by atoms with Gasteiger partial charge in [0.05, 0.1) is 0 Å². The molecule has 0 aliphatic rings. The van der Waals surface area contributed by atoms with E-state index in [0.29, 0.717) is 0 Å². The van der Waals surface area contributed by atoms with Gasteiger partial charge in [0.15, 0.2) is 0 Å². The van der Waals surface area contributed by atoms with Crippen LogP contribution in [-0.4, -0.2) is 13.1 Å². The molecule has 0 saturated heterocycles. The Hall–Kier alpha value is -0.820. The number of rotatable bonds is 7. The van der Waals surface area contributed by atoms with Crippen LogP contribution in [0.5, 0.6) is 0 Å². The van der Waals surface area contributed by atoms with Crippen molar-refractivity contribution in [3.8, 4) is 0 Å². The Kier molecular flexibility index (Phi) is 6.42. The van der Waals surface area contributed by atoms with E-state index in [0.717, 1.165) is 24.9 Å². The zero-order valence-electron chi connectivity index (χ0n) is 12.7. The van der Waals surface area contributed by atoms with E-state index in [-0.39, 0.29) is 0 Å². The SMILES string of the molecule is CCCNCC(Cc1ccc(C)c(C)c1)C(C)C. The molecule has 1 aromatic carbocycles. The lowest BCUT2D eigenvalue weighted by atomic mass is 9.88. The monoisotopic (exact) mass is 247 g/mol. The molecule has 0 aromatic heterocycles. The summed E-state index contributed by atoms with van der Waals surface area (Å²) >= 11 is 0. The van der Waals surface area contributed by atoms with Crippen molar-refractivity contribution < 1.29 is 0 Å². The summed E-state index contributed by atoms with van der Waals surface area (Å²) in [5, 5.41) is 3.56. The Morgan fingerprint density at radius 1 is 1.11 bits per heavy atom. The largest absolute Gasteiger partial charge is 0.316 e. The molecule has 0 amide bonds. The molecular formula is C17H29N. The molecule has 1 unspecified atom stereocenters. The molecule has 1 heteroatoms. The third-order valence-corrected chi connectivity index (χ3v) is 3.85. The Labute approximate surface area is 113 Å². The second-order valence-corrected chi connectivity index (χ2v) is 5.83. The summed E-state index contributed by atoms with van der Waals surface area (Å²) in [6.07, 6.45) is 2.41. The van der Waals surface area contributed by atoms with Crippen molar-refractivity contribution in [2.75, 3.05) is 13.1 Å². The van der Waals surface area contributed by atoms with Gasteiger partial charge in [-0.3, -0.25) is 0 Å². The van der Waals surface area contributed by atoms with Crippen molar-refractivity contribution in [3.63, 3.8) is 0 Å². The van der Waals surface area contributed by atoms with Crippen LogP contribution in [0.25, 0.3) is 0 Å². The third-order valence-electron chi connectivity index (χ3n) is 3.85. The van der Waals surface area contributed by atoms with Crippen molar-refractivity contribution >= 4 is 0 Å². The molecule has 1 atom stereocenters. The van der Waals surface area contributed by atoms with E-state index in [4.69, 9.17) is 0 Å². The summed E-state index contributed by atoms with van der Waals surface area (Å²) in [5.74, 6) is 1.47. The van der Waals surface area contributed by atoms with Crippen LogP contribution >= 0.6 is 0 Å². The molecule has 0 bridgehead atoms. The molecular weight excluding hydrogens is 218 g/mol. The molecule has 0 aliphatic carbocycles. The predicted octanol–water partition coefficient (Wildman–Crippen LogP) is 4.12. The highest BCUT2D eigenvalue weighted by atomic mass is 14.9. The minimum absolute atomic E-state index is 0.732. The second kappa shape index (κ2) is 7.58. The van der Waals surface area contributed by atoms with Crippen LogP contribution in [0.1, 0.15) is 43.9 Å². The smallest absolute Gasteiger partial charge is 0.00149 e. The molecule has 102 valence electrons. The van der Waals surface area contributed by atoms with Gasteiger partial charge in [-0.2, -0.15) is 0 Å². The summed E-state index contributed by atoms with van der Waals surface area (Å²) < 4.78 is 0. The van der Waals surface area contributed by atoms with Crippen molar-refractivity contribution in [1.29, 1.82) is 0 Å². The number of nitrogens with one attached hydrogen (secondary N) is 1. The van der Waals surface area contributed by atoms with Crippen LogP contribution in [0.15, 0.2) is 18.2 Å². The first-order valence-electron chi connectivity index (χ1n) is 7.31. The van der Waals surface area contributed by atoms with E-state index in [2.05, 4.69) is 58.1 Å². The molecule has 18 heavy (non-hydrogen) atoms.